The summed E-state index contributed by atoms with van der Waals surface area (Å²) in [6.45, 7) is 1.61. The predicted molar refractivity (Wildman–Crippen MR) is 49.7 cm³/mol. The molecule has 0 saturated heterocycles. The van der Waals surface area contributed by atoms with Crippen LogP contribution in [0.1, 0.15) is 6.92 Å². The SMILES string of the molecule is CCS(=O)(=O)c1cccnc1Br. The molecule has 0 amide bonds. The van der Waals surface area contributed by atoms with E-state index in [0.29, 0.717) is 4.60 Å². The Kier molecular flexibility index (Phi) is 2.85. The molecule has 0 unspecified atom stereocenters. The second kappa shape index (κ2) is 3.53. The van der Waals surface area contributed by atoms with Gasteiger partial charge in [0.1, 0.15) is 4.60 Å². The quantitative estimate of drug-likeness (QED) is 0.749. The molecule has 66 valence electrons. The lowest BCUT2D eigenvalue weighted by atomic mass is 10.5. The molecule has 0 bridgehead atoms. The van der Waals surface area contributed by atoms with Crippen molar-refractivity contribution in [3.63, 3.8) is 0 Å². The molecule has 5 heteroatoms. The first-order valence-corrected chi connectivity index (χ1v) is 5.85. The smallest absolute Gasteiger partial charge is 0.180 e. The van der Waals surface area contributed by atoms with Crippen molar-refractivity contribution in [1.82, 2.24) is 4.98 Å². The Morgan fingerprint density at radius 3 is 2.75 bits per heavy atom. The molecule has 0 saturated carbocycles. The second-order valence-electron chi connectivity index (χ2n) is 2.20. The summed E-state index contributed by atoms with van der Waals surface area (Å²) in [7, 11) is -3.14. The second-order valence-corrected chi connectivity index (χ2v) is 5.19. The molecule has 1 aromatic heterocycles. The van der Waals surface area contributed by atoms with E-state index in [2.05, 4.69) is 20.9 Å². The zero-order chi connectivity index (χ0) is 9.19. The minimum Gasteiger partial charge on any atom is -0.248 e. The zero-order valence-corrected chi connectivity index (χ0v) is 8.89. The fraction of sp³-hybridized carbons (Fsp3) is 0.286. The highest BCUT2D eigenvalue weighted by atomic mass is 79.9. The van der Waals surface area contributed by atoms with Crippen molar-refractivity contribution in [2.24, 2.45) is 0 Å². The van der Waals surface area contributed by atoms with Gasteiger partial charge in [-0.25, -0.2) is 13.4 Å². The third-order valence-electron chi connectivity index (χ3n) is 1.44. The largest absolute Gasteiger partial charge is 0.248 e. The summed E-state index contributed by atoms with van der Waals surface area (Å²) in [6, 6.07) is 3.14. The van der Waals surface area contributed by atoms with Crippen molar-refractivity contribution in [1.29, 1.82) is 0 Å². The van der Waals surface area contributed by atoms with Crippen LogP contribution in [0.25, 0.3) is 0 Å². The zero-order valence-electron chi connectivity index (χ0n) is 6.49. The summed E-state index contributed by atoms with van der Waals surface area (Å²) in [6.07, 6.45) is 1.54. The van der Waals surface area contributed by atoms with Crippen LogP contribution in [0, 0.1) is 0 Å². The Morgan fingerprint density at radius 2 is 2.25 bits per heavy atom. The molecular formula is C7H8BrNO2S. The Balaban J connectivity index is 3.30. The van der Waals surface area contributed by atoms with E-state index in [1.165, 1.54) is 6.07 Å². The van der Waals surface area contributed by atoms with Gasteiger partial charge < -0.3 is 0 Å². The van der Waals surface area contributed by atoms with Crippen LogP contribution in [0.4, 0.5) is 0 Å². The average Bonchev–Trinajstić information content (AvgIpc) is 2.05. The third-order valence-corrected chi connectivity index (χ3v) is 4.09. The van der Waals surface area contributed by atoms with E-state index in [0.717, 1.165) is 0 Å². The number of hydrogen-bond donors (Lipinski definition) is 0. The summed E-state index contributed by atoms with van der Waals surface area (Å²) < 4.78 is 23.1. The fourth-order valence-electron chi connectivity index (χ4n) is 0.759. The van der Waals surface area contributed by atoms with Crippen LogP contribution in [0.2, 0.25) is 0 Å². The first-order valence-electron chi connectivity index (χ1n) is 3.41. The summed E-state index contributed by atoms with van der Waals surface area (Å²) in [4.78, 5) is 4.09. The number of pyridine rings is 1. The lowest BCUT2D eigenvalue weighted by Gasteiger charge is -2.01. The fourth-order valence-corrected chi connectivity index (χ4v) is 2.66. The van der Waals surface area contributed by atoms with Crippen LogP contribution in [0.3, 0.4) is 0 Å². The molecule has 1 heterocycles. The van der Waals surface area contributed by atoms with Crippen molar-refractivity contribution in [3.05, 3.63) is 22.9 Å². The number of nitrogens with zero attached hydrogens (tertiary/aromatic N) is 1. The predicted octanol–water partition coefficient (Wildman–Crippen LogP) is 1.64. The molecule has 0 fully saturated rings. The van der Waals surface area contributed by atoms with Gasteiger partial charge in [0.05, 0.1) is 10.6 Å². The molecule has 0 radical (unpaired) electrons. The van der Waals surface area contributed by atoms with Gasteiger partial charge in [0, 0.05) is 6.20 Å². The Hall–Kier alpha value is -0.420. The Morgan fingerprint density at radius 1 is 1.58 bits per heavy atom. The lowest BCUT2D eigenvalue weighted by Crippen LogP contribution is -2.04. The van der Waals surface area contributed by atoms with Gasteiger partial charge in [0.25, 0.3) is 0 Å². The standard InChI is InChI=1S/C7H8BrNO2S/c1-2-12(10,11)6-4-3-5-9-7(6)8/h3-5H,2H2,1H3. The van der Waals surface area contributed by atoms with Crippen LogP contribution in [0.5, 0.6) is 0 Å². The highest BCUT2D eigenvalue weighted by Gasteiger charge is 2.14. The molecule has 12 heavy (non-hydrogen) atoms. The summed E-state index contributed by atoms with van der Waals surface area (Å²) >= 11 is 3.08. The van der Waals surface area contributed by atoms with Crippen molar-refractivity contribution < 1.29 is 8.42 Å². The molecule has 0 aliphatic heterocycles. The average molecular weight is 250 g/mol. The summed E-state index contributed by atoms with van der Waals surface area (Å²) in [5, 5.41) is 0. The molecule has 0 aliphatic rings. The lowest BCUT2D eigenvalue weighted by molar-refractivity contribution is 0.596. The Labute approximate surface area is 79.9 Å². The maximum absolute atomic E-state index is 11.4. The normalized spacial score (nSPS) is 11.5. The van der Waals surface area contributed by atoms with Crippen LogP contribution < -0.4 is 0 Å². The molecule has 3 nitrogen and oxygen atoms in total. The number of hydrogen-bond acceptors (Lipinski definition) is 3. The first kappa shape index (κ1) is 9.67. The molecule has 0 atom stereocenters. The van der Waals surface area contributed by atoms with Crippen LogP contribution in [0.15, 0.2) is 27.8 Å². The van der Waals surface area contributed by atoms with Crippen LogP contribution >= 0.6 is 15.9 Å². The minimum atomic E-state index is -3.14. The van der Waals surface area contributed by atoms with Gasteiger partial charge in [0.15, 0.2) is 9.84 Å². The number of aromatic nitrogens is 1. The maximum atomic E-state index is 11.4. The molecule has 0 spiro atoms. The number of rotatable bonds is 2. The number of halogens is 1. The molecule has 1 rings (SSSR count). The highest BCUT2D eigenvalue weighted by molar-refractivity contribution is 9.10. The van der Waals surface area contributed by atoms with Crippen molar-refractivity contribution >= 4 is 25.8 Å². The van der Waals surface area contributed by atoms with Gasteiger partial charge in [-0.15, -0.1) is 0 Å². The van der Waals surface area contributed by atoms with Gasteiger partial charge in [-0.2, -0.15) is 0 Å². The van der Waals surface area contributed by atoms with E-state index in [4.69, 9.17) is 0 Å². The number of sulfone groups is 1. The van der Waals surface area contributed by atoms with Gasteiger partial charge >= 0.3 is 0 Å². The van der Waals surface area contributed by atoms with Crippen molar-refractivity contribution in [2.45, 2.75) is 11.8 Å². The van der Waals surface area contributed by atoms with E-state index in [1.807, 2.05) is 0 Å². The van der Waals surface area contributed by atoms with E-state index in [9.17, 15) is 8.42 Å². The van der Waals surface area contributed by atoms with Crippen molar-refractivity contribution in [2.75, 3.05) is 5.75 Å². The van der Waals surface area contributed by atoms with Gasteiger partial charge in [-0.05, 0) is 28.1 Å². The molecule has 1 aromatic rings. The van der Waals surface area contributed by atoms with E-state index in [-0.39, 0.29) is 10.6 Å². The van der Waals surface area contributed by atoms with E-state index >= 15 is 0 Å². The van der Waals surface area contributed by atoms with Gasteiger partial charge in [-0.1, -0.05) is 6.92 Å². The summed E-state index contributed by atoms with van der Waals surface area (Å²) in [5.74, 6) is 0.0945. The third kappa shape index (κ3) is 1.84. The molecule has 0 N–H and O–H groups in total. The maximum Gasteiger partial charge on any atom is 0.180 e. The van der Waals surface area contributed by atoms with Gasteiger partial charge in [0.2, 0.25) is 0 Å². The van der Waals surface area contributed by atoms with Crippen molar-refractivity contribution in [3.8, 4) is 0 Å². The summed E-state index contributed by atoms with van der Waals surface area (Å²) in [5.41, 5.74) is 0. The van der Waals surface area contributed by atoms with Crippen LogP contribution in [-0.2, 0) is 9.84 Å². The highest BCUT2D eigenvalue weighted by Crippen LogP contribution is 2.19. The van der Waals surface area contributed by atoms with E-state index < -0.39 is 9.84 Å². The Bertz CT molecular complexity index is 375. The minimum absolute atomic E-state index is 0.0945. The molecule has 0 aliphatic carbocycles. The molecular weight excluding hydrogens is 242 g/mol. The van der Waals surface area contributed by atoms with Crippen LogP contribution in [-0.4, -0.2) is 19.2 Å². The first-order chi connectivity index (χ1) is 5.58. The van der Waals surface area contributed by atoms with E-state index in [1.54, 1.807) is 19.2 Å². The van der Waals surface area contributed by atoms with Gasteiger partial charge in [-0.3, -0.25) is 0 Å². The molecule has 0 aromatic carbocycles. The monoisotopic (exact) mass is 249 g/mol. The topological polar surface area (TPSA) is 47.0 Å².